The van der Waals surface area contributed by atoms with Crippen molar-refractivity contribution in [3.8, 4) is 0 Å². The van der Waals surface area contributed by atoms with Gasteiger partial charge in [0.2, 0.25) is 0 Å². The van der Waals surface area contributed by atoms with Gasteiger partial charge in [-0.1, -0.05) is 33.1 Å². The maximum atomic E-state index is 2.58. The van der Waals surface area contributed by atoms with Gasteiger partial charge in [-0.2, -0.15) is 0 Å². The van der Waals surface area contributed by atoms with E-state index in [1.807, 2.05) is 0 Å². The van der Waals surface area contributed by atoms with Crippen LogP contribution in [-0.2, 0) is 0 Å². The summed E-state index contributed by atoms with van der Waals surface area (Å²) in [7, 11) is 2.43. The summed E-state index contributed by atoms with van der Waals surface area (Å²) in [6.07, 6.45) is 7.08. The molecule has 1 unspecified atom stereocenters. The Morgan fingerprint density at radius 2 is 1.80 bits per heavy atom. The third kappa shape index (κ3) is 4.52. The number of unbranched alkanes of at least 4 members (excludes halogenated alkanes) is 4. The first-order chi connectivity index (χ1) is 7.20. The summed E-state index contributed by atoms with van der Waals surface area (Å²) < 4.78 is 1.29. The molecule has 1 atom stereocenters. The molecule has 1 rings (SSSR count). The molecule has 0 aliphatic carbocycles. The minimum absolute atomic E-state index is 1.23. The van der Waals surface area contributed by atoms with E-state index in [1.54, 1.807) is 0 Å². The van der Waals surface area contributed by atoms with E-state index in [2.05, 4.69) is 25.8 Å². The van der Waals surface area contributed by atoms with E-state index in [-0.39, 0.29) is 0 Å². The van der Waals surface area contributed by atoms with Crippen molar-refractivity contribution < 1.29 is 4.48 Å². The van der Waals surface area contributed by atoms with Crippen LogP contribution in [0.4, 0.5) is 0 Å². The first-order valence-corrected chi connectivity index (χ1v) is 6.76. The molecule has 15 heavy (non-hydrogen) atoms. The summed E-state index contributed by atoms with van der Waals surface area (Å²) in [4.78, 5) is 2.58. The van der Waals surface area contributed by atoms with E-state index in [0.29, 0.717) is 0 Å². The van der Waals surface area contributed by atoms with Crippen LogP contribution in [-0.4, -0.2) is 49.3 Å². The second-order valence-electron chi connectivity index (χ2n) is 5.33. The molecule has 0 amide bonds. The first-order valence-electron chi connectivity index (χ1n) is 6.76. The Kier molecular flexibility index (Phi) is 5.62. The zero-order valence-corrected chi connectivity index (χ0v) is 11.0. The summed E-state index contributed by atoms with van der Waals surface area (Å²) in [6.45, 7) is 11.1. The largest absolute Gasteiger partial charge is 0.312 e. The molecule has 0 N–H and O–H groups in total. The fourth-order valence-electron chi connectivity index (χ4n) is 2.54. The van der Waals surface area contributed by atoms with E-state index in [1.165, 1.54) is 69.4 Å². The van der Waals surface area contributed by atoms with Gasteiger partial charge in [0.15, 0.2) is 0 Å². The molecular weight excluding hydrogens is 184 g/mol. The van der Waals surface area contributed by atoms with E-state index in [4.69, 9.17) is 0 Å². The Morgan fingerprint density at radius 3 is 2.40 bits per heavy atom. The minimum atomic E-state index is 1.23. The molecule has 0 aromatic heterocycles. The molecule has 1 aliphatic heterocycles. The molecule has 90 valence electrons. The lowest BCUT2D eigenvalue weighted by Gasteiger charge is -2.29. The van der Waals surface area contributed by atoms with Crippen LogP contribution >= 0.6 is 0 Å². The van der Waals surface area contributed by atoms with E-state index in [9.17, 15) is 0 Å². The predicted octanol–water partition coefficient (Wildman–Crippen LogP) is 2.70. The van der Waals surface area contributed by atoms with Gasteiger partial charge in [-0.05, 0) is 12.8 Å². The van der Waals surface area contributed by atoms with Crippen LogP contribution < -0.4 is 0 Å². The number of rotatable bonds is 7. The molecule has 1 fully saturated rings. The van der Waals surface area contributed by atoms with Crippen LogP contribution in [0, 0.1) is 0 Å². The van der Waals surface area contributed by atoms with Crippen LogP contribution in [0.25, 0.3) is 0 Å². The topological polar surface area (TPSA) is 3.24 Å². The highest BCUT2D eigenvalue weighted by Crippen LogP contribution is 2.15. The number of hydrogen-bond donors (Lipinski definition) is 0. The Bertz CT molecular complexity index is 170. The zero-order valence-electron chi connectivity index (χ0n) is 11.0. The van der Waals surface area contributed by atoms with Crippen molar-refractivity contribution in [3.63, 3.8) is 0 Å². The van der Waals surface area contributed by atoms with Gasteiger partial charge in [0.25, 0.3) is 0 Å². The lowest BCUT2D eigenvalue weighted by molar-refractivity contribution is -0.902. The van der Waals surface area contributed by atoms with Crippen LogP contribution in [0.1, 0.15) is 46.0 Å². The van der Waals surface area contributed by atoms with Gasteiger partial charge in [0.05, 0.1) is 26.7 Å². The third-order valence-electron chi connectivity index (χ3n) is 3.75. The normalized spacial score (nSPS) is 27.4. The van der Waals surface area contributed by atoms with Crippen molar-refractivity contribution in [3.05, 3.63) is 0 Å². The van der Waals surface area contributed by atoms with Crippen molar-refractivity contribution in [2.75, 3.05) is 39.9 Å². The highest BCUT2D eigenvalue weighted by molar-refractivity contribution is 4.58. The Labute approximate surface area is 95.8 Å². The van der Waals surface area contributed by atoms with Crippen molar-refractivity contribution in [2.45, 2.75) is 46.0 Å². The highest BCUT2D eigenvalue weighted by Gasteiger charge is 2.30. The molecule has 0 bridgehead atoms. The summed E-state index contributed by atoms with van der Waals surface area (Å²) in [6, 6.07) is 0. The minimum Gasteiger partial charge on any atom is -0.312 e. The Morgan fingerprint density at radius 1 is 1.07 bits per heavy atom. The molecule has 0 spiro atoms. The van der Waals surface area contributed by atoms with Crippen molar-refractivity contribution in [1.29, 1.82) is 0 Å². The SMILES string of the molecule is CCCCCCC[N+]1(C)CCN(CC)C1. The fourth-order valence-corrected chi connectivity index (χ4v) is 2.54. The fraction of sp³-hybridized carbons (Fsp3) is 1.00. The second-order valence-corrected chi connectivity index (χ2v) is 5.33. The van der Waals surface area contributed by atoms with Crippen molar-refractivity contribution in [1.82, 2.24) is 4.90 Å². The number of likely N-dealkylation sites (N-methyl/N-ethyl adjacent to an activating group) is 2. The van der Waals surface area contributed by atoms with Gasteiger partial charge in [-0.15, -0.1) is 0 Å². The zero-order chi connectivity index (χ0) is 11.1. The van der Waals surface area contributed by atoms with Gasteiger partial charge in [0, 0.05) is 6.54 Å². The van der Waals surface area contributed by atoms with E-state index >= 15 is 0 Å². The molecule has 1 saturated heterocycles. The Balaban J connectivity index is 2.10. The smallest absolute Gasteiger partial charge is 0.135 e. The molecule has 0 aromatic rings. The van der Waals surface area contributed by atoms with Crippen molar-refractivity contribution in [2.24, 2.45) is 0 Å². The number of quaternary nitrogens is 1. The van der Waals surface area contributed by atoms with Gasteiger partial charge < -0.3 is 4.48 Å². The summed E-state index contributed by atoms with van der Waals surface area (Å²) >= 11 is 0. The van der Waals surface area contributed by atoms with E-state index in [0.717, 1.165) is 0 Å². The number of hydrogen-bond acceptors (Lipinski definition) is 1. The van der Waals surface area contributed by atoms with Gasteiger partial charge in [0.1, 0.15) is 6.67 Å². The maximum absolute atomic E-state index is 2.58. The van der Waals surface area contributed by atoms with Crippen molar-refractivity contribution >= 4 is 0 Å². The van der Waals surface area contributed by atoms with Gasteiger partial charge in [-0.3, -0.25) is 4.90 Å². The standard InChI is InChI=1S/C13H29N2/c1-4-6-7-8-9-11-15(3)12-10-14(5-2)13-15/h4-13H2,1-3H3/q+1. The lowest BCUT2D eigenvalue weighted by atomic mass is 10.1. The predicted molar refractivity (Wildman–Crippen MR) is 66.8 cm³/mol. The van der Waals surface area contributed by atoms with Gasteiger partial charge >= 0.3 is 0 Å². The highest BCUT2D eigenvalue weighted by atomic mass is 15.5. The lowest BCUT2D eigenvalue weighted by Crippen LogP contribution is -2.43. The Hall–Kier alpha value is -0.0800. The maximum Gasteiger partial charge on any atom is 0.135 e. The van der Waals surface area contributed by atoms with Crippen LogP contribution in [0.15, 0.2) is 0 Å². The monoisotopic (exact) mass is 213 g/mol. The number of nitrogens with zero attached hydrogens (tertiary/aromatic N) is 2. The molecule has 1 aliphatic rings. The summed E-state index contributed by atoms with van der Waals surface area (Å²) in [5.41, 5.74) is 0. The quantitative estimate of drug-likeness (QED) is 0.464. The second kappa shape index (κ2) is 6.49. The average molecular weight is 213 g/mol. The van der Waals surface area contributed by atoms with Gasteiger partial charge in [-0.25, -0.2) is 0 Å². The molecule has 0 aromatic carbocycles. The summed E-state index contributed by atoms with van der Waals surface area (Å²) in [5, 5.41) is 0. The third-order valence-corrected chi connectivity index (χ3v) is 3.75. The van der Waals surface area contributed by atoms with Crippen LogP contribution in [0.2, 0.25) is 0 Å². The summed E-state index contributed by atoms with van der Waals surface area (Å²) in [5.74, 6) is 0. The first kappa shape index (κ1) is 13.0. The molecule has 2 nitrogen and oxygen atoms in total. The molecule has 1 heterocycles. The molecular formula is C13H29N2+. The van der Waals surface area contributed by atoms with Crippen LogP contribution in [0.3, 0.4) is 0 Å². The molecule has 0 saturated carbocycles. The molecule has 0 radical (unpaired) electrons. The molecule has 2 heteroatoms. The van der Waals surface area contributed by atoms with Crippen LogP contribution in [0.5, 0.6) is 0 Å². The van der Waals surface area contributed by atoms with E-state index < -0.39 is 0 Å². The average Bonchev–Trinajstić information content (AvgIpc) is 2.61.